The molecule has 4 rings (SSSR count). The van der Waals surface area contributed by atoms with Crippen molar-refractivity contribution in [2.75, 3.05) is 13.2 Å². The van der Waals surface area contributed by atoms with Crippen LogP contribution in [0.4, 0.5) is 0 Å². The van der Waals surface area contributed by atoms with E-state index in [1.165, 1.54) is 0 Å². The van der Waals surface area contributed by atoms with Crippen molar-refractivity contribution in [2.45, 2.75) is 39.1 Å². The molecular formula is C28H33N3O4. The molecule has 7 nitrogen and oxygen atoms in total. The minimum absolute atomic E-state index is 0.0528. The molecule has 1 atom stereocenters. The van der Waals surface area contributed by atoms with E-state index in [4.69, 9.17) is 19.0 Å². The van der Waals surface area contributed by atoms with Crippen LogP contribution < -0.4 is 4.74 Å². The third-order valence-corrected chi connectivity index (χ3v) is 5.53. The number of hydrogen-bond donors (Lipinski definition) is 1. The predicted molar refractivity (Wildman–Crippen MR) is 135 cm³/mol. The number of nitrogens with zero attached hydrogens (tertiary/aromatic N) is 3. The molecule has 2 aromatic carbocycles. The maximum Gasteiger partial charge on any atom is 0.222 e. The molecule has 0 fully saturated rings. The Hall–Kier alpha value is -3.39. The Labute approximate surface area is 206 Å². The number of para-hydroxylation sites is 1. The fraction of sp³-hybridized carbons (Fsp3) is 0.321. The van der Waals surface area contributed by atoms with Crippen LogP contribution in [0.5, 0.6) is 11.6 Å². The third-order valence-electron chi connectivity index (χ3n) is 5.53. The van der Waals surface area contributed by atoms with Gasteiger partial charge in [0.05, 0.1) is 37.2 Å². The van der Waals surface area contributed by atoms with Crippen LogP contribution in [-0.2, 0) is 24.9 Å². The fourth-order valence-electron chi connectivity index (χ4n) is 3.94. The lowest BCUT2D eigenvalue weighted by atomic mass is 10.1. The van der Waals surface area contributed by atoms with Gasteiger partial charge in [-0.25, -0.2) is 4.68 Å². The van der Waals surface area contributed by atoms with Crippen LogP contribution in [0.1, 0.15) is 25.2 Å². The van der Waals surface area contributed by atoms with E-state index in [0.29, 0.717) is 25.5 Å². The molecule has 0 saturated heterocycles. The van der Waals surface area contributed by atoms with Crippen LogP contribution >= 0.6 is 0 Å². The molecule has 0 spiro atoms. The Morgan fingerprint density at radius 1 is 0.971 bits per heavy atom. The second-order valence-corrected chi connectivity index (χ2v) is 8.82. The number of ether oxygens (including phenoxy) is 2. The van der Waals surface area contributed by atoms with Crippen LogP contribution in [0.15, 0.2) is 83.5 Å². The zero-order chi connectivity index (χ0) is 24.6. The molecule has 1 unspecified atom stereocenters. The number of aromatic nitrogens is 2. The van der Waals surface area contributed by atoms with Gasteiger partial charge in [0.2, 0.25) is 5.88 Å². The molecule has 184 valence electrons. The van der Waals surface area contributed by atoms with Gasteiger partial charge in [0, 0.05) is 25.7 Å². The number of benzene rings is 2. The van der Waals surface area contributed by atoms with E-state index >= 15 is 0 Å². The van der Waals surface area contributed by atoms with Gasteiger partial charge in [-0.1, -0.05) is 48.5 Å². The van der Waals surface area contributed by atoms with Gasteiger partial charge < -0.3 is 19.0 Å². The number of aryl methyl sites for hydroxylation is 1. The van der Waals surface area contributed by atoms with E-state index in [-0.39, 0.29) is 12.7 Å². The molecular weight excluding hydrogens is 442 g/mol. The Kier molecular flexibility index (Phi) is 8.36. The highest BCUT2D eigenvalue weighted by molar-refractivity contribution is 5.65. The molecule has 0 aliphatic carbocycles. The molecule has 7 heteroatoms. The van der Waals surface area contributed by atoms with E-state index in [1.807, 2.05) is 93.7 Å². The van der Waals surface area contributed by atoms with Gasteiger partial charge in [0.25, 0.3) is 0 Å². The molecule has 0 aliphatic heterocycles. The van der Waals surface area contributed by atoms with Gasteiger partial charge in [-0.3, -0.25) is 4.90 Å². The fourth-order valence-corrected chi connectivity index (χ4v) is 3.94. The van der Waals surface area contributed by atoms with Crippen molar-refractivity contribution in [1.29, 1.82) is 0 Å². The largest absolute Gasteiger partial charge is 0.468 e. The standard InChI is InChI=1S/C28H33N3O4/c1-21(2)34-20-23(32)17-31(18-25-15-10-16-33-25)19-26-27(22-11-6-4-7-12-22)29-30(3)28(26)35-24-13-8-5-9-14-24/h4-16,21,23,32H,17-20H2,1-3H3. The van der Waals surface area contributed by atoms with Gasteiger partial charge in [-0.05, 0) is 38.1 Å². The lowest BCUT2D eigenvalue weighted by Crippen LogP contribution is -2.35. The van der Waals surface area contributed by atoms with E-state index in [0.717, 1.165) is 28.3 Å². The summed E-state index contributed by atoms with van der Waals surface area (Å²) in [6, 6.07) is 23.6. The summed E-state index contributed by atoms with van der Waals surface area (Å²) in [7, 11) is 1.89. The van der Waals surface area contributed by atoms with E-state index < -0.39 is 6.10 Å². The van der Waals surface area contributed by atoms with Crippen LogP contribution in [-0.4, -0.2) is 45.1 Å². The summed E-state index contributed by atoms with van der Waals surface area (Å²) < 4.78 is 19.4. The molecule has 0 aliphatic rings. The summed E-state index contributed by atoms with van der Waals surface area (Å²) in [5.74, 6) is 2.21. The highest BCUT2D eigenvalue weighted by Crippen LogP contribution is 2.34. The van der Waals surface area contributed by atoms with Crippen molar-refractivity contribution in [3.05, 3.63) is 90.4 Å². The Morgan fingerprint density at radius 3 is 2.34 bits per heavy atom. The summed E-state index contributed by atoms with van der Waals surface area (Å²) in [6.07, 6.45) is 1.06. The highest BCUT2D eigenvalue weighted by atomic mass is 16.5. The van der Waals surface area contributed by atoms with E-state index in [9.17, 15) is 5.11 Å². The molecule has 0 radical (unpaired) electrons. The average Bonchev–Trinajstić information content (AvgIpc) is 3.47. The number of furan rings is 1. The molecule has 0 bridgehead atoms. The SMILES string of the molecule is CC(C)OCC(O)CN(Cc1ccco1)Cc1c(-c2ccccc2)nn(C)c1Oc1ccccc1. The van der Waals surface area contributed by atoms with Crippen molar-refractivity contribution in [2.24, 2.45) is 7.05 Å². The summed E-state index contributed by atoms with van der Waals surface area (Å²) in [4.78, 5) is 2.13. The molecule has 2 heterocycles. The molecule has 2 aromatic heterocycles. The minimum atomic E-state index is -0.650. The van der Waals surface area contributed by atoms with Gasteiger partial charge in [0.15, 0.2) is 0 Å². The monoisotopic (exact) mass is 475 g/mol. The number of rotatable bonds is 12. The second kappa shape index (κ2) is 11.8. The van der Waals surface area contributed by atoms with Crippen molar-refractivity contribution < 1.29 is 19.0 Å². The van der Waals surface area contributed by atoms with Crippen molar-refractivity contribution in [1.82, 2.24) is 14.7 Å². The lowest BCUT2D eigenvalue weighted by Gasteiger charge is -2.25. The number of hydrogen-bond acceptors (Lipinski definition) is 6. The smallest absolute Gasteiger partial charge is 0.222 e. The average molecular weight is 476 g/mol. The molecule has 4 aromatic rings. The minimum Gasteiger partial charge on any atom is -0.468 e. The van der Waals surface area contributed by atoms with Crippen LogP contribution in [0.3, 0.4) is 0 Å². The summed E-state index contributed by atoms with van der Waals surface area (Å²) >= 11 is 0. The zero-order valence-corrected chi connectivity index (χ0v) is 20.5. The zero-order valence-electron chi connectivity index (χ0n) is 20.5. The summed E-state index contributed by atoms with van der Waals surface area (Å²) in [5.41, 5.74) is 2.78. The van der Waals surface area contributed by atoms with Crippen molar-refractivity contribution >= 4 is 0 Å². The van der Waals surface area contributed by atoms with Crippen LogP contribution in [0.25, 0.3) is 11.3 Å². The van der Waals surface area contributed by atoms with Crippen LogP contribution in [0.2, 0.25) is 0 Å². The Bertz CT molecular complexity index is 1160. The maximum absolute atomic E-state index is 10.7. The first-order chi connectivity index (χ1) is 17.0. The Balaban J connectivity index is 1.67. The molecule has 0 saturated carbocycles. The second-order valence-electron chi connectivity index (χ2n) is 8.82. The number of aliphatic hydroxyl groups excluding tert-OH is 1. The van der Waals surface area contributed by atoms with Gasteiger partial charge in [-0.15, -0.1) is 0 Å². The molecule has 35 heavy (non-hydrogen) atoms. The quantitative estimate of drug-likeness (QED) is 0.301. The van der Waals surface area contributed by atoms with Crippen molar-refractivity contribution in [3.8, 4) is 22.9 Å². The van der Waals surface area contributed by atoms with E-state index in [2.05, 4.69) is 4.90 Å². The normalized spacial score (nSPS) is 12.4. The first kappa shape index (κ1) is 24.7. The Morgan fingerprint density at radius 2 is 1.69 bits per heavy atom. The third kappa shape index (κ3) is 6.82. The molecule has 0 amide bonds. The first-order valence-corrected chi connectivity index (χ1v) is 11.9. The summed E-state index contributed by atoms with van der Waals surface area (Å²) in [5, 5.41) is 15.5. The van der Waals surface area contributed by atoms with Crippen molar-refractivity contribution in [3.63, 3.8) is 0 Å². The van der Waals surface area contributed by atoms with Gasteiger partial charge in [-0.2, -0.15) is 5.10 Å². The summed E-state index contributed by atoms with van der Waals surface area (Å²) in [6.45, 7) is 5.61. The predicted octanol–water partition coefficient (Wildman–Crippen LogP) is 5.26. The topological polar surface area (TPSA) is 72.9 Å². The van der Waals surface area contributed by atoms with Gasteiger partial charge in [0.1, 0.15) is 17.2 Å². The van der Waals surface area contributed by atoms with Gasteiger partial charge >= 0.3 is 0 Å². The maximum atomic E-state index is 10.7. The number of aliphatic hydroxyl groups is 1. The van der Waals surface area contributed by atoms with Crippen LogP contribution in [0, 0.1) is 0 Å². The lowest BCUT2D eigenvalue weighted by molar-refractivity contribution is -0.0114. The first-order valence-electron chi connectivity index (χ1n) is 11.9. The molecule has 1 N–H and O–H groups in total. The van der Waals surface area contributed by atoms with E-state index in [1.54, 1.807) is 10.9 Å². The highest BCUT2D eigenvalue weighted by Gasteiger charge is 2.24.